The Kier molecular flexibility index (Phi) is 8.12. The number of hydrogen-bond donors (Lipinski definition) is 3. The lowest BCUT2D eigenvalue weighted by molar-refractivity contribution is -0.123. The molecule has 1 fully saturated rings. The first-order chi connectivity index (χ1) is 14.2. The summed E-state index contributed by atoms with van der Waals surface area (Å²) in [5, 5.41) is 9.12. The molecule has 0 radical (unpaired) electrons. The molecule has 7 nitrogen and oxygen atoms in total. The van der Waals surface area contributed by atoms with E-state index in [-0.39, 0.29) is 24.2 Å². The number of amides is 2. The molecule has 0 saturated heterocycles. The molecule has 7 heteroatoms. The summed E-state index contributed by atoms with van der Waals surface area (Å²) in [6.45, 7) is 1.28. The summed E-state index contributed by atoms with van der Waals surface area (Å²) in [4.78, 5) is 24.0. The molecule has 0 aliphatic heterocycles. The Hall–Kier alpha value is -2.80. The highest BCUT2D eigenvalue weighted by molar-refractivity contribution is 6.02. The number of carbonyl (C=O) groups excluding carboxylic acids is 2. The van der Waals surface area contributed by atoms with E-state index in [1.54, 1.807) is 36.4 Å². The van der Waals surface area contributed by atoms with Crippen LogP contribution in [0.2, 0.25) is 0 Å². The fraction of sp³-hybridized carbons (Fsp3) is 0.455. The van der Waals surface area contributed by atoms with E-state index >= 15 is 0 Å². The third kappa shape index (κ3) is 7.27. The van der Waals surface area contributed by atoms with Crippen LogP contribution in [0.1, 0.15) is 49.1 Å². The Labute approximate surface area is 171 Å². The second kappa shape index (κ2) is 11.3. The summed E-state index contributed by atoms with van der Waals surface area (Å²) >= 11 is 0. The molecular weight excluding hydrogens is 370 g/mol. The lowest BCUT2D eigenvalue weighted by atomic mass is 10.1. The number of rotatable bonds is 9. The molecule has 3 N–H and O–H groups in total. The zero-order valence-electron chi connectivity index (χ0n) is 16.6. The first-order valence-corrected chi connectivity index (χ1v) is 10.3. The number of hydrogen-bond acceptors (Lipinski definition) is 5. The van der Waals surface area contributed by atoms with Crippen molar-refractivity contribution in [2.45, 2.75) is 44.6 Å². The Morgan fingerprint density at radius 3 is 2.62 bits per heavy atom. The van der Waals surface area contributed by atoms with Crippen LogP contribution in [0.15, 0.2) is 47.1 Å². The van der Waals surface area contributed by atoms with Crippen LogP contribution in [-0.2, 0) is 4.79 Å². The zero-order chi connectivity index (χ0) is 20.3. The molecule has 0 spiro atoms. The minimum atomic E-state index is -0.342. The smallest absolute Gasteiger partial charge is 0.291 e. The van der Waals surface area contributed by atoms with Crippen LogP contribution in [0.5, 0.6) is 5.75 Å². The molecular formula is C22H29N3O4. The van der Waals surface area contributed by atoms with E-state index in [1.807, 2.05) is 0 Å². The van der Waals surface area contributed by atoms with Crippen LogP contribution in [0, 0.1) is 0 Å². The summed E-state index contributed by atoms with van der Waals surface area (Å²) in [5.74, 6) is 0.228. The average Bonchev–Trinajstić information content (AvgIpc) is 3.15. The second-order valence-corrected chi connectivity index (χ2v) is 7.24. The summed E-state index contributed by atoms with van der Waals surface area (Å²) in [5.41, 5.74) is 0.567. The number of carbonyl (C=O) groups is 2. The number of anilines is 1. The fourth-order valence-electron chi connectivity index (χ4n) is 3.43. The van der Waals surface area contributed by atoms with Crippen molar-refractivity contribution in [1.82, 2.24) is 10.6 Å². The summed E-state index contributed by atoms with van der Waals surface area (Å²) in [6, 6.07) is 10.7. The highest BCUT2D eigenvalue weighted by Crippen LogP contribution is 2.18. The van der Waals surface area contributed by atoms with Gasteiger partial charge in [0, 0.05) is 30.9 Å². The zero-order valence-corrected chi connectivity index (χ0v) is 16.6. The van der Waals surface area contributed by atoms with Crippen molar-refractivity contribution in [2.24, 2.45) is 0 Å². The van der Waals surface area contributed by atoms with E-state index in [2.05, 4.69) is 16.0 Å². The third-order valence-corrected chi connectivity index (χ3v) is 4.94. The lowest BCUT2D eigenvalue weighted by Crippen LogP contribution is -2.38. The van der Waals surface area contributed by atoms with E-state index < -0.39 is 0 Å². The van der Waals surface area contributed by atoms with Crippen LogP contribution in [0.3, 0.4) is 0 Å². The minimum absolute atomic E-state index is 0.0704. The monoisotopic (exact) mass is 399 g/mol. The summed E-state index contributed by atoms with van der Waals surface area (Å²) < 4.78 is 10.6. The van der Waals surface area contributed by atoms with Gasteiger partial charge in [-0.2, -0.15) is 0 Å². The van der Waals surface area contributed by atoms with Gasteiger partial charge >= 0.3 is 0 Å². The van der Waals surface area contributed by atoms with E-state index in [0.717, 1.165) is 6.54 Å². The van der Waals surface area contributed by atoms with Gasteiger partial charge in [-0.3, -0.25) is 9.59 Å². The minimum Gasteiger partial charge on any atom is -0.484 e. The molecule has 3 rings (SSSR count). The van der Waals surface area contributed by atoms with Gasteiger partial charge in [-0.25, -0.2) is 0 Å². The molecule has 1 aliphatic rings. The maximum Gasteiger partial charge on any atom is 0.291 e. The van der Waals surface area contributed by atoms with Gasteiger partial charge in [-0.1, -0.05) is 31.7 Å². The maximum absolute atomic E-state index is 12.0. The Bertz CT molecular complexity index is 768. The largest absolute Gasteiger partial charge is 0.484 e. The molecule has 1 aromatic heterocycles. The van der Waals surface area contributed by atoms with Crippen molar-refractivity contribution >= 4 is 17.5 Å². The van der Waals surface area contributed by atoms with E-state index in [4.69, 9.17) is 9.15 Å². The van der Waals surface area contributed by atoms with Crippen LogP contribution < -0.4 is 20.7 Å². The number of benzene rings is 1. The van der Waals surface area contributed by atoms with Crippen LogP contribution >= 0.6 is 0 Å². The van der Waals surface area contributed by atoms with Gasteiger partial charge in [0.05, 0.1) is 6.26 Å². The highest BCUT2D eigenvalue weighted by atomic mass is 16.5. The topological polar surface area (TPSA) is 92.6 Å². The third-order valence-electron chi connectivity index (χ3n) is 4.94. The molecule has 0 unspecified atom stereocenters. The first-order valence-electron chi connectivity index (χ1n) is 10.3. The van der Waals surface area contributed by atoms with Gasteiger partial charge in [0.25, 0.3) is 11.8 Å². The predicted molar refractivity (Wildman–Crippen MR) is 111 cm³/mol. The van der Waals surface area contributed by atoms with Crippen LogP contribution in [0.25, 0.3) is 0 Å². The summed E-state index contributed by atoms with van der Waals surface area (Å²) in [7, 11) is 0. The number of furan rings is 1. The first kappa shape index (κ1) is 20.9. The van der Waals surface area contributed by atoms with Gasteiger partial charge in [-0.05, 0) is 37.1 Å². The van der Waals surface area contributed by atoms with Gasteiger partial charge in [0.1, 0.15) is 5.75 Å². The molecule has 2 amide bonds. The average molecular weight is 399 g/mol. The maximum atomic E-state index is 12.0. The van der Waals surface area contributed by atoms with Crippen molar-refractivity contribution in [3.8, 4) is 5.75 Å². The Balaban J connectivity index is 1.34. The van der Waals surface area contributed by atoms with Crippen molar-refractivity contribution in [3.63, 3.8) is 0 Å². The van der Waals surface area contributed by atoms with Crippen LogP contribution in [-0.4, -0.2) is 37.6 Å². The number of nitrogens with one attached hydrogen (secondary N) is 3. The Morgan fingerprint density at radius 1 is 1.03 bits per heavy atom. The molecule has 0 bridgehead atoms. The quantitative estimate of drug-likeness (QED) is 0.444. The van der Waals surface area contributed by atoms with Gasteiger partial charge in [-0.15, -0.1) is 0 Å². The molecule has 2 aromatic rings. The van der Waals surface area contributed by atoms with Gasteiger partial charge < -0.3 is 25.1 Å². The molecule has 1 heterocycles. The van der Waals surface area contributed by atoms with E-state index in [1.165, 1.54) is 44.8 Å². The van der Waals surface area contributed by atoms with Crippen LogP contribution in [0.4, 0.5) is 5.69 Å². The van der Waals surface area contributed by atoms with E-state index in [9.17, 15) is 9.59 Å². The molecule has 1 aliphatic carbocycles. The predicted octanol–water partition coefficient (Wildman–Crippen LogP) is 3.34. The normalized spacial score (nSPS) is 14.8. The molecule has 29 heavy (non-hydrogen) atoms. The Morgan fingerprint density at radius 2 is 1.86 bits per heavy atom. The SMILES string of the molecule is O=C(COc1cccc(NC(=O)c2ccco2)c1)NCCNC1CCCCCC1. The van der Waals surface area contributed by atoms with Gasteiger partial charge in [0.15, 0.2) is 12.4 Å². The number of ether oxygens (including phenoxy) is 1. The molecule has 1 aromatic carbocycles. The van der Waals surface area contributed by atoms with Crippen molar-refractivity contribution in [2.75, 3.05) is 25.0 Å². The fourth-order valence-corrected chi connectivity index (χ4v) is 3.43. The molecule has 0 atom stereocenters. The van der Waals surface area contributed by atoms with Crippen molar-refractivity contribution < 1.29 is 18.7 Å². The second-order valence-electron chi connectivity index (χ2n) is 7.24. The van der Waals surface area contributed by atoms with Crippen molar-refractivity contribution in [3.05, 3.63) is 48.4 Å². The molecule has 156 valence electrons. The van der Waals surface area contributed by atoms with E-state index in [0.29, 0.717) is 24.0 Å². The van der Waals surface area contributed by atoms with Crippen molar-refractivity contribution in [1.29, 1.82) is 0 Å². The summed E-state index contributed by atoms with van der Waals surface area (Å²) in [6.07, 6.45) is 9.14. The molecule has 1 saturated carbocycles. The highest BCUT2D eigenvalue weighted by Gasteiger charge is 2.12. The van der Waals surface area contributed by atoms with Gasteiger partial charge in [0.2, 0.25) is 0 Å². The lowest BCUT2D eigenvalue weighted by Gasteiger charge is -2.16. The standard InChI is InChI=1S/C22H29N3O4/c26-21(24-13-12-23-17-7-3-1-2-4-8-17)16-29-19-10-5-9-18(15-19)25-22(27)20-11-6-14-28-20/h5-6,9-11,14-15,17,23H,1-4,7-8,12-13,16H2,(H,24,26)(H,25,27).